The van der Waals surface area contributed by atoms with Gasteiger partial charge >= 0.3 is 0 Å². The van der Waals surface area contributed by atoms with Gasteiger partial charge in [0.2, 0.25) is 11.8 Å². The van der Waals surface area contributed by atoms with Gasteiger partial charge in [0.15, 0.2) is 0 Å². The second-order valence-electron chi connectivity index (χ2n) is 6.96. The Labute approximate surface area is 192 Å². The van der Waals surface area contributed by atoms with E-state index in [9.17, 15) is 14.4 Å². The number of carbonyl (C=O) groups is 3. The highest BCUT2D eigenvalue weighted by Gasteiger charge is 2.38. The van der Waals surface area contributed by atoms with E-state index in [0.29, 0.717) is 27.6 Å². The van der Waals surface area contributed by atoms with Gasteiger partial charge in [-0.1, -0.05) is 39.7 Å². The normalized spacial score (nSPS) is 15.1. The van der Waals surface area contributed by atoms with E-state index < -0.39 is 11.9 Å². The molecule has 0 radical (unpaired) electrons. The molecule has 31 heavy (non-hydrogen) atoms. The molecule has 0 saturated heterocycles. The van der Waals surface area contributed by atoms with E-state index in [1.165, 1.54) is 4.90 Å². The highest BCUT2D eigenvalue weighted by Crippen LogP contribution is 2.34. The van der Waals surface area contributed by atoms with Crippen molar-refractivity contribution >= 4 is 62.3 Å². The molecule has 6 nitrogen and oxygen atoms in total. The van der Waals surface area contributed by atoms with Crippen molar-refractivity contribution in [1.29, 1.82) is 0 Å². The summed E-state index contributed by atoms with van der Waals surface area (Å²) in [6.07, 6.45) is -0.199. The van der Waals surface area contributed by atoms with Gasteiger partial charge in [-0.25, -0.2) is 0 Å². The van der Waals surface area contributed by atoms with E-state index in [-0.39, 0.29) is 18.2 Å². The number of hydrogen-bond donors (Lipinski definition) is 2. The van der Waals surface area contributed by atoms with Crippen molar-refractivity contribution in [2.45, 2.75) is 12.5 Å². The molecule has 1 aliphatic heterocycles. The van der Waals surface area contributed by atoms with E-state index in [0.717, 1.165) is 4.47 Å². The number of rotatable bonds is 4. The van der Waals surface area contributed by atoms with Crippen LogP contribution in [0.25, 0.3) is 0 Å². The number of amides is 3. The number of hydrogen-bond acceptors (Lipinski definition) is 3. The minimum Gasteiger partial charge on any atom is -0.326 e. The molecule has 3 aromatic carbocycles. The molecule has 1 aliphatic rings. The lowest BCUT2D eigenvalue weighted by Gasteiger charge is -2.36. The molecule has 1 unspecified atom stereocenters. The third-order valence-corrected chi connectivity index (χ3v) is 5.63. The SMILES string of the molecule is O=C(CC1C(=O)Nc2ccccc2N1C(=O)c1ccc(Cl)cc1)Nc1ccc(Br)cc1. The van der Waals surface area contributed by atoms with Crippen molar-refractivity contribution in [3.63, 3.8) is 0 Å². The Hall–Kier alpha value is -3.16. The van der Waals surface area contributed by atoms with E-state index >= 15 is 0 Å². The lowest BCUT2D eigenvalue weighted by molar-refractivity contribution is -0.122. The summed E-state index contributed by atoms with van der Waals surface area (Å²) in [5.74, 6) is -1.19. The standard InChI is InChI=1S/C23H17BrClN3O3/c24-15-7-11-17(12-8-15)26-21(29)13-20-22(30)27-18-3-1-2-4-19(18)28(20)23(31)14-5-9-16(25)10-6-14/h1-12,20H,13H2,(H,26,29)(H,27,30). The fourth-order valence-electron chi connectivity index (χ4n) is 3.38. The van der Waals surface area contributed by atoms with Crippen LogP contribution >= 0.6 is 27.5 Å². The molecule has 2 N–H and O–H groups in total. The maximum Gasteiger partial charge on any atom is 0.259 e. The van der Waals surface area contributed by atoms with E-state index in [1.54, 1.807) is 72.8 Å². The lowest BCUT2D eigenvalue weighted by Crippen LogP contribution is -2.52. The van der Waals surface area contributed by atoms with Crippen LogP contribution in [0.15, 0.2) is 77.3 Å². The van der Waals surface area contributed by atoms with Crippen molar-refractivity contribution in [3.8, 4) is 0 Å². The van der Waals surface area contributed by atoms with Gasteiger partial charge in [-0.15, -0.1) is 0 Å². The maximum atomic E-state index is 13.4. The molecule has 1 heterocycles. The molecule has 0 spiro atoms. The number of benzene rings is 3. The molecule has 4 rings (SSSR count). The maximum absolute atomic E-state index is 13.4. The third kappa shape index (κ3) is 4.62. The Kier molecular flexibility index (Phi) is 6.06. The summed E-state index contributed by atoms with van der Waals surface area (Å²) in [4.78, 5) is 40.3. The van der Waals surface area contributed by atoms with Crippen molar-refractivity contribution in [2.75, 3.05) is 15.5 Å². The Balaban J connectivity index is 1.64. The smallest absolute Gasteiger partial charge is 0.259 e. The molecule has 0 aromatic heterocycles. The first kappa shape index (κ1) is 21.1. The molecular weight excluding hydrogens is 482 g/mol. The van der Waals surface area contributed by atoms with E-state index in [1.807, 2.05) is 0 Å². The Morgan fingerprint density at radius 3 is 2.39 bits per heavy atom. The van der Waals surface area contributed by atoms with Gasteiger partial charge < -0.3 is 10.6 Å². The Bertz CT molecular complexity index is 1150. The second-order valence-corrected chi connectivity index (χ2v) is 8.32. The number of halogens is 2. The van der Waals surface area contributed by atoms with Crippen molar-refractivity contribution in [1.82, 2.24) is 0 Å². The lowest BCUT2D eigenvalue weighted by atomic mass is 10.0. The summed E-state index contributed by atoms with van der Waals surface area (Å²) < 4.78 is 0.883. The van der Waals surface area contributed by atoms with Crippen LogP contribution in [0, 0.1) is 0 Å². The summed E-state index contributed by atoms with van der Waals surface area (Å²) in [5, 5.41) is 6.06. The summed E-state index contributed by atoms with van der Waals surface area (Å²) >= 11 is 9.29. The predicted molar refractivity (Wildman–Crippen MR) is 125 cm³/mol. The molecule has 0 aliphatic carbocycles. The average Bonchev–Trinajstić information content (AvgIpc) is 2.76. The van der Waals surface area contributed by atoms with Crippen LogP contribution in [0.1, 0.15) is 16.8 Å². The summed E-state index contributed by atoms with van der Waals surface area (Å²) in [6.45, 7) is 0. The zero-order valence-electron chi connectivity index (χ0n) is 16.1. The Morgan fingerprint density at radius 1 is 1.00 bits per heavy atom. The van der Waals surface area contributed by atoms with Gasteiger partial charge in [-0.2, -0.15) is 0 Å². The predicted octanol–water partition coefficient (Wildman–Crippen LogP) is 5.10. The molecule has 3 aromatic rings. The molecule has 0 fully saturated rings. The van der Waals surface area contributed by atoms with Gasteiger partial charge in [-0.3, -0.25) is 19.3 Å². The van der Waals surface area contributed by atoms with Crippen molar-refractivity contribution < 1.29 is 14.4 Å². The van der Waals surface area contributed by atoms with Crippen LogP contribution in [0.3, 0.4) is 0 Å². The molecule has 1 atom stereocenters. The van der Waals surface area contributed by atoms with Crippen LogP contribution in [-0.2, 0) is 9.59 Å². The number of para-hydroxylation sites is 2. The number of fused-ring (bicyclic) bond motifs is 1. The van der Waals surface area contributed by atoms with Crippen molar-refractivity contribution in [3.05, 3.63) is 87.9 Å². The fraction of sp³-hybridized carbons (Fsp3) is 0.0870. The minimum atomic E-state index is -1.01. The molecule has 3 amide bonds. The van der Waals surface area contributed by atoms with Gasteiger partial charge in [0.25, 0.3) is 5.91 Å². The first-order valence-corrected chi connectivity index (χ1v) is 10.6. The van der Waals surface area contributed by atoms with Crippen LogP contribution < -0.4 is 15.5 Å². The first-order chi connectivity index (χ1) is 14.9. The van der Waals surface area contributed by atoms with Gasteiger partial charge in [-0.05, 0) is 60.7 Å². The largest absolute Gasteiger partial charge is 0.326 e. The van der Waals surface area contributed by atoms with E-state index in [4.69, 9.17) is 11.6 Å². The number of anilines is 3. The third-order valence-electron chi connectivity index (χ3n) is 4.85. The Morgan fingerprint density at radius 2 is 1.68 bits per heavy atom. The number of carbonyl (C=O) groups excluding carboxylic acids is 3. The number of nitrogens with one attached hydrogen (secondary N) is 2. The highest BCUT2D eigenvalue weighted by molar-refractivity contribution is 9.10. The molecule has 0 bridgehead atoms. The quantitative estimate of drug-likeness (QED) is 0.525. The summed E-state index contributed by atoms with van der Waals surface area (Å²) in [5.41, 5.74) is 2.01. The van der Waals surface area contributed by atoms with Gasteiger partial charge in [0.1, 0.15) is 6.04 Å². The average molecular weight is 499 g/mol. The summed E-state index contributed by atoms with van der Waals surface area (Å²) in [7, 11) is 0. The monoisotopic (exact) mass is 497 g/mol. The zero-order valence-corrected chi connectivity index (χ0v) is 18.5. The first-order valence-electron chi connectivity index (χ1n) is 9.47. The zero-order chi connectivity index (χ0) is 22.0. The number of nitrogens with zero attached hydrogens (tertiary/aromatic N) is 1. The van der Waals surface area contributed by atoms with Crippen LogP contribution in [0.2, 0.25) is 5.02 Å². The summed E-state index contributed by atoms with van der Waals surface area (Å²) in [6, 6.07) is 19.5. The molecule has 8 heteroatoms. The van der Waals surface area contributed by atoms with Crippen LogP contribution in [-0.4, -0.2) is 23.8 Å². The molecular formula is C23H17BrClN3O3. The molecule has 0 saturated carbocycles. The molecule has 156 valence electrons. The van der Waals surface area contributed by atoms with Crippen LogP contribution in [0.5, 0.6) is 0 Å². The van der Waals surface area contributed by atoms with Gasteiger partial charge in [0, 0.05) is 20.7 Å². The highest BCUT2D eigenvalue weighted by atomic mass is 79.9. The van der Waals surface area contributed by atoms with Crippen LogP contribution in [0.4, 0.5) is 17.1 Å². The minimum absolute atomic E-state index is 0.199. The van der Waals surface area contributed by atoms with Crippen molar-refractivity contribution in [2.24, 2.45) is 0 Å². The fourth-order valence-corrected chi connectivity index (χ4v) is 3.77. The van der Waals surface area contributed by atoms with E-state index in [2.05, 4.69) is 26.6 Å². The second kappa shape index (κ2) is 8.91. The van der Waals surface area contributed by atoms with Gasteiger partial charge in [0.05, 0.1) is 17.8 Å². The topological polar surface area (TPSA) is 78.5 Å².